The van der Waals surface area contributed by atoms with Gasteiger partial charge in [0.05, 0.1) is 25.3 Å². The topological polar surface area (TPSA) is 89.0 Å². The van der Waals surface area contributed by atoms with Crippen LogP contribution in [0.15, 0.2) is 72.6 Å². The molecule has 1 saturated heterocycles. The largest absolute Gasteiger partial charge is 0.507 e. The fourth-order valence-electron chi connectivity index (χ4n) is 4.52. The summed E-state index contributed by atoms with van der Waals surface area (Å²) in [5, 5.41) is 11.3. The van der Waals surface area contributed by atoms with Gasteiger partial charge in [-0.15, -0.1) is 0 Å². The van der Waals surface area contributed by atoms with E-state index >= 15 is 0 Å². The number of ketones is 1. The van der Waals surface area contributed by atoms with Gasteiger partial charge in [-0.25, -0.2) is 0 Å². The van der Waals surface area contributed by atoms with Crippen molar-refractivity contribution in [2.24, 2.45) is 0 Å². The van der Waals surface area contributed by atoms with Gasteiger partial charge in [0.2, 0.25) is 0 Å². The van der Waals surface area contributed by atoms with Gasteiger partial charge in [0.15, 0.2) is 0 Å². The van der Waals surface area contributed by atoms with Crippen LogP contribution >= 0.6 is 0 Å². The summed E-state index contributed by atoms with van der Waals surface area (Å²) in [5.74, 6) is -0.108. The Morgan fingerprint density at radius 2 is 1.88 bits per heavy atom. The van der Waals surface area contributed by atoms with Crippen LogP contribution in [-0.4, -0.2) is 40.4 Å². The van der Waals surface area contributed by atoms with Crippen molar-refractivity contribution in [3.05, 3.63) is 94.8 Å². The fraction of sp³-hybridized carbons (Fsp3) is 0.222. The lowest BCUT2D eigenvalue weighted by atomic mass is 9.94. The number of amides is 1. The maximum atomic E-state index is 13.2. The van der Waals surface area contributed by atoms with Crippen LogP contribution in [-0.2, 0) is 22.6 Å². The maximum absolute atomic E-state index is 13.2. The van der Waals surface area contributed by atoms with Gasteiger partial charge in [0, 0.05) is 24.5 Å². The number of Topliss-reactive ketones (excluding diaryl/α,β-unsaturated/α-hetero) is 1. The van der Waals surface area contributed by atoms with E-state index < -0.39 is 17.7 Å². The lowest BCUT2D eigenvalue weighted by Gasteiger charge is -2.25. The third kappa shape index (κ3) is 3.90. The van der Waals surface area contributed by atoms with Gasteiger partial charge in [-0.2, -0.15) is 0 Å². The highest BCUT2D eigenvalue weighted by Gasteiger charge is 2.46. The molecule has 1 aromatic heterocycles. The molecule has 1 fully saturated rings. The molecule has 0 aliphatic carbocycles. The van der Waals surface area contributed by atoms with Gasteiger partial charge >= 0.3 is 0 Å². The highest BCUT2D eigenvalue weighted by molar-refractivity contribution is 6.46. The van der Waals surface area contributed by atoms with Crippen molar-refractivity contribution in [3.63, 3.8) is 0 Å². The monoisotopic (exact) mass is 456 g/mol. The molecule has 7 nitrogen and oxygen atoms in total. The molecular formula is C27H24N2O5. The van der Waals surface area contributed by atoms with Crippen LogP contribution in [0.3, 0.4) is 0 Å². The Balaban J connectivity index is 1.62. The highest BCUT2D eigenvalue weighted by Crippen LogP contribution is 2.41. The number of hydrogen-bond acceptors (Lipinski definition) is 6. The third-order valence-electron chi connectivity index (χ3n) is 6.26. The molecule has 0 radical (unpaired) electrons. The van der Waals surface area contributed by atoms with Gasteiger partial charge in [-0.3, -0.25) is 14.6 Å². The van der Waals surface area contributed by atoms with Crippen LogP contribution < -0.4 is 9.47 Å². The van der Waals surface area contributed by atoms with E-state index in [1.54, 1.807) is 55.9 Å². The summed E-state index contributed by atoms with van der Waals surface area (Å²) in [4.78, 5) is 31.9. The lowest BCUT2D eigenvalue weighted by molar-refractivity contribution is -0.140. The van der Waals surface area contributed by atoms with Crippen molar-refractivity contribution in [2.75, 3.05) is 13.7 Å². The maximum Gasteiger partial charge on any atom is 0.295 e. The standard InChI is InChI=1S/C27H24N2O5/c1-33-21-7-4-18(5-8-21)24-23(25(30)20-6-9-22-19(15-20)3-2-14-34-22)26(31)27(32)29(24)16-17-10-12-28-13-11-17/h4-13,15,24,30H,2-3,14,16H2,1H3/b25-23-. The SMILES string of the molecule is COc1ccc(C2/C(=C(/O)c3ccc4c(c3)CCCO4)C(=O)C(=O)N2Cc2ccncc2)cc1. The van der Waals surface area contributed by atoms with Crippen LogP contribution in [0.2, 0.25) is 0 Å². The van der Waals surface area contributed by atoms with E-state index in [2.05, 4.69) is 4.98 Å². The number of rotatable bonds is 5. The first-order valence-corrected chi connectivity index (χ1v) is 11.1. The van der Waals surface area contributed by atoms with E-state index in [-0.39, 0.29) is 17.9 Å². The number of benzene rings is 2. The predicted octanol–water partition coefficient (Wildman–Crippen LogP) is 4.04. The Morgan fingerprint density at radius 1 is 1.12 bits per heavy atom. The number of carbonyl (C=O) groups is 2. The molecule has 3 aromatic rings. The van der Waals surface area contributed by atoms with E-state index in [0.717, 1.165) is 29.7 Å². The Kier molecular flexibility index (Phi) is 5.76. The Hall–Kier alpha value is -4.13. The zero-order valence-electron chi connectivity index (χ0n) is 18.7. The average molecular weight is 456 g/mol. The second kappa shape index (κ2) is 9.02. The molecule has 0 saturated carbocycles. The number of aryl methyl sites for hydroxylation is 1. The van der Waals surface area contributed by atoms with Crippen molar-refractivity contribution < 1.29 is 24.2 Å². The first-order chi connectivity index (χ1) is 16.6. The number of aliphatic hydroxyl groups excluding tert-OH is 1. The second-order valence-corrected chi connectivity index (χ2v) is 8.33. The van der Waals surface area contributed by atoms with Crippen LogP contribution in [0.25, 0.3) is 5.76 Å². The number of likely N-dealkylation sites (tertiary alicyclic amines) is 1. The summed E-state index contributed by atoms with van der Waals surface area (Å²) >= 11 is 0. The predicted molar refractivity (Wildman–Crippen MR) is 125 cm³/mol. The lowest BCUT2D eigenvalue weighted by Crippen LogP contribution is -2.29. The molecule has 0 spiro atoms. The van der Waals surface area contributed by atoms with E-state index in [9.17, 15) is 14.7 Å². The average Bonchev–Trinajstić information content (AvgIpc) is 3.13. The Morgan fingerprint density at radius 3 is 2.62 bits per heavy atom. The van der Waals surface area contributed by atoms with Crippen LogP contribution in [0.1, 0.15) is 34.7 Å². The number of pyridine rings is 1. The summed E-state index contributed by atoms with van der Waals surface area (Å²) in [6, 6.07) is 15.4. The summed E-state index contributed by atoms with van der Waals surface area (Å²) in [6.45, 7) is 0.870. The molecule has 2 aliphatic rings. The van der Waals surface area contributed by atoms with Gasteiger partial charge in [-0.05, 0) is 72.0 Å². The molecule has 5 rings (SSSR count). The molecule has 1 unspecified atom stereocenters. The van der Waals surface area contributed by atoms with E-state index in [0.29, 0.717) is 23.5 Å². The molecule has 7 heteroatoms. The Labute approximate surface area is 197 Å². The first-order valence-electron chi connectivity index (χ1n) is 11.1. The quantitative estimate of drug-likeness (QED) is 0.354. The molecule has 1 amide bonds. The van der Waals surface area contributed by atoms with Crippen LogP contribution in [0.5, 0.6) is 11.5 Å². The van der Waals surface area contributed by atoms with Crippen molar-refractivity contribution in [1.82, 2.24) is 9.88 Å². The molecular weight excluding hydrogens is 432 g/mol. The number of nitrogens with zero attached hydrogens (tertiary/aromatic N) is 2. The molecule has 1 atom stereocenters. The fourth-order valence-corrected chi connectivity index (χ4v) is 4.52. The van der Waals surface area contributed by atoms with Crippen molar-refractivity contribution >= 4 is 17.4 Å². The molecule has 2 aromatic carbocycles. The number of hydrogen-bond donors (Lipinski definition) is 1. The molecule has 2 aliphatic heterocycles. The zero-order valence-corrected chi connectivity index (χ0v) is 18.7. The Bertz CT molecular complexity index is 1270. The number of fused-ring (bicyclic) bond motifs is 1. The van der Waals surface area contributed by atoms with Gasteiger partial charge < -0.3 is 19.5 Å². The smallest absolute Gasteiger partial charge is 0.295 e. The molecule has 172 valence electrons. The number of methoxy groups -OCH3 is 1. The number of carbonyl (C=O) groups excluding carboxylic acids is 2. The summed E-state index contributed by atoms with van der Waals surface area (Å²) in [6.07, 6.45) is 5.00. The second-order valence-electron chi connectivity index (χ2n) is 8.33. The third-order valence-corrected chi connectivity index (χ3v) is 6.26. The highest BCUT2D eigenvalue weighted by atomic mass is 16.5. The van der Waals surface area contributed by atoms with Gasteiger partial charge in [-0.1, -0.05) is 12.1 Å². The van der Waals surface area contributed by atoms with Crippen molar-refractivity contribution in [1.29, 1.82) is 0 Å². The number of ether oxygens (including phenoxy) is 2. The number of aliphatic hydroxyl groups is 1. The molecule has 0 bridgehead atoms. The van der Waals surface area contributed by atoms with Crippen LogP contribution in [0, 0.1) is 0 Å². The van der Waals surface area contributed by atoms with Crippen molar-refractivity contribution in [3.8, 4) is 11.5 Å². The minimum Gasteiger partial charge on any atom is -0.507 e. The van der Waals surface area contributed by atoms with Gasteiger partial charge in [0.1, 0.15) is 17.3 Å². The minimum absolute atomic E-state index is 0.0703. The van der Waals surface area contributed by atoms with E-state index in [4.69, 9.17) is 9.47 Å². The normalized spacial score (nSPS) is 19.0. The summed E-state index contributed by atoms with van der Waals surface area (Å²) in [7, 11) is 1.57. The molecule has 3 heterocycles. The molecule has 34 heavy (non-hydrogen) atoms. The summed E-state index contributed by atoms with van der Waals surface area (Å²) < 4.78 is 10.9. The minimum atomic E-state index is -0.744. The van der Waals surface area contributed by atoms with E-state index in [1.165, 1.54) is 4.90 Å². The zero-order chi connectivity index (χ0) is 23.7. The number of aromatic nitrogens is 1. The van der Waals surface area contributed by atoms with E-state index in [1.807, 2.05) is 18.2 Å². The van der Waals surface area contributed by atoms with Crippen molar-refractivity contribution in [2.45, 2.75) is 25.4 Å². The summed E-state index contributed by atoms with van der Waals surface area (Å²) in [5.41, 5.74) is 3.08. The molecule has 1 N–H and O–H groups in total. The van der Waals surface area contributed by atoms with Crippen LogP contribution in [0.4, 0.5) is 0 Å². The van der Waals surface area contributed by atoms with Gasteiger partial charge in [0.25, 0.3) is 11.7 Å². The first kappa shape index (κ1) is 21.7.